The number of nitrogens with one attached hydrogen (secondary N) is 3. The highest BCUT2D eigenvalue weighted by Gasteiger charge is 2.42. The summed E-state index contributed by atoms with van der Waals surface area (Å²) in [6, 6.07) is 17.3. The minimum Gasteiger partial charge on any atom is -0.772 e. The van der Waals surface area contributed by atoms with Gasteiger partial charge < -0.3 is 29.9 Å². The molecular weight excluding hydrogens is 701 g/mol. The largest absolute Gasteiger partial charge is 0.772 e. The van der Waals surface area contributed by atoms with Crippen molar-refractivity contribution in [3.05, 3.63) is 72.3 Å². The van der Waals surface area contributed by atoms with Crippen molar-refractivity contribution in [1.82, 2.24) is 15.4 Å². The van der Waals surface area contributed by atoms with Crippen molar-refractivity contribution in [2.45, 2.75) is 73.7 Å². The van der Waals surface area contributed by atoms with Crippen LogP contribution in [0.25, 0.3) is 0 Å². The Labute approximate surface area is 301 Å². The number of fused-ring (bicyclic) bond motifs is 1. The van der Waals surface area contributed by atoms with Gasteiger partial charge in [0.2, 0.25) is 15.9 Å². The minimum atomic E-state index is -4.06. The van der Waals surface area contributed by atoms with E-state index in [-0.39, 0.29) is 28.7 Å². The lowest BCUT2D eigenvalue weighted by molar-refractivity contribution is -0.130. The van der Waals surface area contributed by atoms with E-state index in [4.69, 9.17) is 4.74 Å². The fraction of sp³-hybridized carbons (Fsp3) is 0.429. The molecule has 12 nitrogen and oxygen atoms in total. The second-order valence-corrected chi connectivity index (χ2v) is 15.7. The third-order valence-corrected chi connectivity index (χ3v) is 11.3. The molecule has 0 aromatic heterocycles. The molecule has 0 fully saturated rings. The molecule has 0 saturated heterocycles. The number of para-hydroxylation sites is 1. The molecule has 0 radical (unpaired) electrons. The zero-order valence-electron chi connectivity index (χ0n) is 28.5. The maximum absolute atomic E-state index is 14.3. The zero-order valence-corrected chi connectivity index (χ0v) is 30.9. The van der Waals surface area contributed by atoms with Gasteiger partial charge in [-0.2, -0.15) is 0 Å². The number of sulfonamides is 1. The lowest BCUT2D eigenvalue weighted by Gasteiger charge is -2.37. The van der Waals surface area contributed by atoms with E-state index in [1.165, 1.54) is 42.1 Å². The van der Waals surface area contributed by atoms with Crippen molar-refractivity contribution in [3.8, 4) is 11.5 Å². The van der Waals surface area contributed by atoms with Crippen LogP contribution in [0.1, 0.15) is 64.0 Å². The number of aromatic hydroxyl groups is 1. The second-order valence-electron chi connectivity index (χ2n) is 12.2. The fourth-order valence-electron chi connectivity index (χ4n) is 5.92. The van der Waals surface area contributed by atoms with Crippen molar-refractivity contribution < 1.29 is 36.6 Å². The molecule has 1 aliphatic rings. The molecule has 0 spiro atoms. The number of amides is 2. The number of nitrogens with zero attached hydrogens (tertiary/aromatic N) is 1. The number of phenolic OH excluding ortho intramolecular Hbond substituents is 1. The number of hydrogen-bond acceptors (Lipinski definition) is 10. The van der Waals surface area contributed by atoms with Crippen LogP contribution in [-0.4, -0.2) is 71.3 Å². The van der Waals surface area contributed by atoms with Crippen LogP contribution in [0.2, 0.25) is 0 Å². The number of unbranched alkanes of at least 4 members (excludes halogenated alkanes) is 2. The van der Waals surface area contributed by atoms with E-state index < -0.39 is 51.1 Å². The number of ether oxygens (including phenoxy) is 1. The Morgan fingerprint density at radius 1 is 1.08 bits per heavy atom. The molecule has 0 aliphatic carbocycles. The Bertz CT molecular complexity index is 1730. The molecule has 272 valence electrons. The summed E-state index contributed by atoms with van der Waals surface area (Å²) in [5.41, 5.74) is 0.986. The monoisotopic (exact) mass is 745 g/mol. The maximum atomic E-state index is 14.3. The van der Waals surface area contributed by atoms with E-state index in [0.717, 1.165) is 31.4 Å². The van der Waals surface area contributed by atoms with Gasteiger partial charge in [-0.05, 0) is 55.0 Å². The Morgan fingerprint density at radius 3 is 2.34 bits per heavy atom. The summed E-state index contributed by atoms with van der Waals surface area (Å²) in [6.45, 7) is 3.90. The van der Waals surface area contributed by atoms with E-state index in [9.17, 15) is 31.9 Å². The second kappa shape index (κ2) is 18.0. The highest BCUT2D eigenvalue weighted by atomic mass is 32.2. The first kappa shape index (κ1) is 39.2. The SMILES string of the molecule is CCCCC1(CCCC)CN(c2ccccc2)c2cc(SC)c(OCC(=O)NC(C(=O)NCCS(=O)[O-])c3ccc(O)cc3)cc2S(=O)(=O)N1. The van der Waals surface area contributed by atoms with Crippen molar-refractivity contribution in [1.29, 1.82) is 0 Å². The van der Waals surface area contributed by atoms with Gasteiger partial charge in [-0.1, -0.05) is 80.9 Å². The first-order valence-corrected chi connectivity index (χ1v) is 20.5. The van der Waals surface area contributed by atoms with E-state index >= 15 is 0 Å². The Kier molecular flexibility index (Phi) is 14.1. The number of rotatable bonds is 17. The third-order valence-electron chi connectivity index (χ3n) is 8.44. The van der Waals surface area contributed by atoms with Gasteiger partial charge in [0.1, 0.15) is 22.4 Å². The van der Waals surface area contributed by atoms with Crippen molar-refractivity contribution >= 4 is 56.1 Å². The van der Waals surface area contributed by atoms with Crippen molar-refractivity contribution in [2.75, 3.05) is 36.6 Å². The van der Waals surface area contributed by atoms with Crippen LogP contribution in [0.15, 0.2) is 76.5 Å². The van der Waals surface area contributed by atoms with Crippen LogP contribution >= 0.6 is 11.8 Å². The Balaban J connectivity index is 1.66. The summed E-state index contributed by atoms with van der Waals surface area (Å²) >= 11 is -1.02. The standard InChI is InChI=1S/C35H46N4O8S3/c1-4-6-17-35(18-7-5-2)24-39(26-11-9-8-10-12-26)28-21-30(48-3)29(22-31(28)50(45,46)38-35)47-23-32(41)37-33(25-13-15-27(40)16-14-25)34(42)36-19-20-49(43)44/h8-16,21-22,33,38,40H,4-7,17-20,23-24H2,1-3H3,(H,36,42)(H,37,41)(H,43,44)/p-1. The minimum absolute atomic E-state index is 0.0292. The number of phenols is 1. The molecule has 2 amide bonds. The van der Waals surface area contributed by atoms with Gasteiger partial charge in [0.05, 0.1) is 16.1 Å². The van der Waals surface area contributed by atoms with Gasteiger partial charge in [-0.25, -0.2) is 13.1 Å². The van der Waals surface area contributed by atoms with Crippen molar-refractivity contribution in [3.63, 3.8) is 0 Å². The van der Waals surface area contributed by atoms with Crippen LogP contribution in [-0.2, 0) is 30.7 Å². The van der Waals surface area contributed by atoms with Gasteiger partial charge in [0.15, 0.2) is 6.61 Å². The number of hydrogen-bond donors (Lipinski definition) is 4. The molecule has 2 atom stereocenters. The average molecular weight is 746 g/mol. The third kappa shape index (κ3) is 10.2. The van der Waals surface area contributed by atoms with Gasteiger partial charge in [-0.3, -0.25) is 13.8 Å². The highest BCUT2D eigenvalue weighted by Crippen LogP contribution is 2.44. The Hall–Kier alpha value is -3.63. The topological polar surface area (TPSA) is 177 Å². The normalized spacial score (nSPS) is 16.0. The first-order valence-electron chi connectivity index (χ1n) is 16.5. The highest BCUT2D eigenvalue weighted by molar-refractivity contribution is 7.98. The molecule has 1 aliphatic heterocycles. The molecule has 15 heteroatoms. The molecule has 50 heavy (non-hydrogen) atoms. The fourth-order valence-corrected chi connectivity index (χ4v) is 8.39. The number of thioether (sulfide) groups is 1. The summed E-state index contributed by atoms with van der Waals surface area (Å²) in [6.07, 6.45) is 6.71. The zero-order chi connectivity index (χ0) is 36.3. The van der Waals surface area contributed by atoms with Gasteiger partial charge in [0, 0.05) is 30.6 Å². The molecule has 3 aromatic rings. The molecule has 2 unspecified atom stereocenters. The van der Waals surface area contributed by atoms with Gasteiger partial charge >= 0.3 is 0 Å². The number of carbonyl (C=O) groups excluding carboxylic acids is 2. The lowest BCUT2D eigenvalue weighted by Crippen LogP contribution is -2.53. The summed E-state index contributed by atoms with van der Waals surface area (Å²) in [5, 5.41) is 14.8. The molecule has 0 bridgehead atoms. The lowest BCUT2D eigenvalue weighted by atomic mass is 9.87. The quantitative estimate of drug-likeness (QED) is 0.110. The molecule has 4 rings (SSSR count). The van der Waals surface area contributed by atoms with Crippen LogP contribution in [0.4, 0.5) is 11.4 Å². The van der Waals surface area contributed by atoms with E-state index in [1.54, 1.807) is 6.07 Å². The van der Waals surface area contributed by atoms with Crippen LogP contribution in [0, 0.1) is 0 Å². The van der Waals surface area contributed by atoms with E-state index in [2.05, 4.69) is 34.1 Å². The number of benzene rings is 3. The summed E-state index contributed by atoms with van der Waals surface area (Å²) in [4.78, 5) is 28.9. The maximum Gasteiger partial charge on any atom is 0.258 e. The molecule has 0 saturated carbocycles. The number of carbonyl (C=O) groups is 2. The smallest absolute Gasteiger partial charge is 0.258 e. The summed E-state index contributed by atoms with van der Waals surface area (Å²) in [5.74, 6) is -1.50. The molecule has 3 aromatic carbocycles. The van der Waals surface area contributed by atoms with Gasteiger partial charge in [-0.15, -0.1) is 11.8 Å². The van der Waals surface area contributed by atoms with Crippen LogP contribution < -0.4 is 25.0 Å². The molecule has 1 heterocycles. The average Bonchev–Trinajstić information content (AvgIpc) is 3.19. The number of anilines is 2. The Morgan fingerprint density at radius 2 is 1.74 bits per heavy atom. The van der Waals surface area contributed by atoms with Crippen LogP contribution in [0.3, 0.4) is 0 Å². The van der Waals surface area contributed by atoms with E-state index in [1.807, 2.05) is 36.6 Å². The first-order chi connectivity index (χ1) is 23.9. The summed E-state index contributed by atoms with van der Waals surface area (Å²) < 4.78 is 59.5. The molecular formula is C35H45N4O8S3-. The molecule has 4 N–H and O–H groups in total. The van der Waals surface area contributed by atoms with Crippen molar-refractivity contribution in [2.24, 2.45) is 0 Å². The van der Waals surface area contributed by atoms with Gasteiger partial charge in [0.25, 0.3) is 5.91 Å². The predicted octanol–water partition coefficient (Wildman–Crippen LogP) is 4.89. The predicted molar refractivity (Wildman–Crippen MR) is 195 cm³/mol. The summed E-state index contributed by atoms with van der Waals surface area (Å²) in [7, 11) is -4.06. The van der Waals surface area contributed by atoms with Crippen LogP contribution in [0.5, 0.6) is 11.5 Å². The van der Waals surface area contributed by atoms with E-state index in [0.29, 0.717) is 35.5 Å².